The maximum absolute atomic E-state index is 12.8. The lowest BCUT2D eigenvalue weighted by atomic mass is 10.0. The fraction of sp³-hybridized carbons (Fsp3) is 0.296. The van der Waals surface area contributed by atoms with Crippen molar-refractivity contribution in [1.82, 2.24) is 4.90 Å². The Hall–Kier alpha value is -3.11. The van der Waals surface area contributed by atoms with Gasteiger partial charge in [0.1, 0.15) is 5.75 Å². The number of rotatable bonds is 9. The Morgan fingerprint density at radius 1 is 0.935 bits per heavy atom. The maximum atomic E-state index is 12.8. The normalized spacial score (nSPS) is 10.9. The van der Waals surface area contributed by atoms with E-state index in [-0.39, 0.29) is 5.91 Å². The molecule has 3 aromatic rings. The van der Waals surface area contributed by atoms with Gasteiger partial charge in [0.2, 0.25) is 0 Å². The predicted molar refractivity (Wildman–Crippen MR) is 129 cm³/mol. The first kappa shape index (κ1) is 22.6. The summed E-state index contributed by atoms with van der Waals surface area (Å²) in [4.78, 5) is 15.0. The van der Waals surface area contributed by atoms with Crippen LogP contribution in [0.1, 0.15) is 34.8 Å². The first-order chi connectivity index (χ1) is 15.0. The van der Waals surface area contributed by atoms with Crippen LogP contribution in [0.4, 0.5) is 5.69 Å². The second kappa shape index (κ2) is 10.8. The summed E-state index contributed by atoms with van der Waals surface area (Å²) < 4.78 is 5.48. The van der Waals surface area contributed by atoms with Gasteiger partial charge in [-0.25, -0.2) is 0 Å². The third-order valence-electron chi connectivity index (χ3n) is 5.43. The smallest absolute Gasteiger partial charge is 0.255 e. The molecule has 4 nitrogen and oxygen atoms in total. The Bertz CT molecular complexity index is 993. The summed E-state index contributed by atoms with van der Waals surface area (Å²) >= 11 is 0. The Kier molecular flexibility index (Phi) is 7.85. The summed E-state index contributed by atoms with van der Waals surface area (Å²) in [6, 6.07) is 22.2. The van der Waals surface area contributed by atoms with Crippen LogP contribution in [0.25, 0.3) is 11.1 Å². The zero-order chi connectivity index (χ0) is 22.2. The van der Waals surface area contributed by atoms with Crippen molar-refractivity contribution in [2.45, 2.75) is 26.2 Å². The van der Waals surface area contributed by atoms with Gasteiger partial charge in [0.25, 0.3) is 5.91 Å². The van der Waals surface area contributed by atoms with Crippen molar-refractivity contribution in [3.63, 3.8) is 0 Å². The second-order valence-corrected chi connectivity index (χ2v) is 8.02. The molecule has 0 unspecified atom stereocenters. The number of amides is 1. The SMILES string of the molecule is CCc1ccc(-c2ccc(NC(=O)c3ccc(OC)c(CCCN(C)C)c3)cc2)cc1. The van der Waals surface area contributed by atoms with E-state index in [1.807, 2.05) is 42.5 Å². The molecule has 0 fully saturated rings. The molecule has 0 saturated heterocycles. The number of carbonyl (C=O) groups excluding carboxylic acids is 1. The molecule has 0 radical (unpaired) electrons. The van der Waals surface area contributed by atoms with E-state index >= 15 is 0 Å². The highest BCUT2D eigenvalue weighted by Gasteiger charge is 2.11. The second-order valence-electron chi connectivity index (χ2n) is 8.02. The molecule has 0 bridgehead atoms. The van der Waals surface area contributed by atoms with Gasteiger partial charge in [0.05, 0.1) is 7.11 Å². The molecule has 0 spiro atoms. The molecular weight excluding hydrogens is 384 g/mol. The Morgan fingerprint density at radius 3 is 2.16 bits per heavy atom. The van der Waals surface area contributed by atoms with E-state index in [2.05, 4.69) is 55.5 Å². The zero-order valence-electron chi connectivity index (χ0n) is 18.9. The van der Waals surface area contributed by atoms with E-state index < -0.39 is 0 Å². The Balaban J connectivity index is 1.68. The molecule has 0 aliphatic carbocycles. The van der Waals surface area contributed by atoms with Crippen molar-refractivity contribution in [3.8, 4) is 16.9 Å². The number of methoxy groups -OCH3 is 1. The Morgan fingerprint density at radius 2 is 1.58 bits per heavy atom. The van der Waals surface area contributed by atoms with Crippen LogP contribution in [-0.2, 0) is 12.8 Å². The molecule has 0 atom stereocenters. The van der Waals surface area contributed by atoms with Crippen LogP contribution in [0, 0.1) is 0 Å². The molecule has 31 heavy (non-hydrogen) atoms. The van der Waals surface area contributed by atoms with E-state index in [0.29, 0.717) is 5.56 Å². The van der Waals surface area contributed by atoms with Crippen LogP contribution >= 0.6 is 0 Å². The summed E-state index contributed by atoms with van der Waals surface area (Å²) in [7, 11) is 5.79. The van der Waals surface area contributed by atoms with Gasteiger partial charge in [-0.1, -0.05) is 43.3 Å². The molecule has 3 rings (SSSR count). The molecule has 0 saturated carbocycles. The van der Waals surface area contributed by atoms with E-state index in [1.54, 1.807) is 7.11 Å². The molecule has 0 heterocycles. The molecular formula is C27H32N2O2. The third-order valence-corrected chi connectivity index (χ3v) is 5.43. The van der Waals surface area contributed by atoms with Crippen LogP contribution in [0.2, 0.25) is 0 Å². The number of benzene rings is 3. The number of hydrogen-bond donors (Lipinski definition) is 1. The van der Waals surface area contributed by atoms with Gasteiger partial charge in [-0.3, -0.25) is 4.79 Å². The van der Waals surface area contributed by atoms with Crippen LogP contribution in [-0.4, -0.2) is 38.6 Å². The van der Waals surface area contributed by atoms with E-state index in [1.165, 1.54) is 11.1 Å². The van der Waals surface area contributed by atoms with Gasteiger partial charge in [-0.05, 0) is 92.5 Å². The van der Waals surface area contributed by atoms with Gasteiger partial charge in [0, 0.05) is 11.3 Å². The Labute approximate surface area is 185 Å². The number of carbonyl (C=O) groups is 1. The van der Waals surface area contributed by atoms with Gasteiger partial charge in [-0.2, -0.15) is 0 Å². The largest absolute Gasteiger partial charge is 0.496 e. The van der Waals surface area contributed by atoms with E-state index in [4.69, 9.17) is 4.74 Å². The number of hydrogen-bond acceptors (Lipinski definition) is 3. The molecule has 1 N–H and O–H groups in total. The zero-order valence-corrected chi connectivity index (χ0v) is 18.9. The summed E-state index contributed by atoms with van der Waals surface area (Å²) in [5, 5.41) is 3.01. The van der Waals surface area contributed by atoms with E-state index in [9.17, 15) is 4.79 Å². The summed E-state index contributed by atoms with van der Waals surface area (Å²) in [6.45, 7) is 3.15. The molecule has 0 aromatic heterocycles. The van der Waals surface area contributed by atoms with Crippen molar-refractivity contribution in [1.29, 1.82) is 0 Å². The summed E-state index contributed by atoms with van der Waals surface area (Å²) in [6.07, 6.45) is 2.91. The molecule has 3 aromatic carbocycles. The fourth-order valence-electron chi connectivity index (χ4n) is 3.58. The minimum Gasteiger partial charge on any atom is -0.496 e. The quantitative estimate of drug-likeness (QED) is 0.489. The number of nitrogens with one attached hydrogen (secondary N) is 1. The van der Waals surface area contributed by atoms with Gasteiger partial charge >= 0.3 is 0 Å². The summed E-state index contributed by atoms with van der Waals surface area (Å²) in [5.41, 5.74) is 6.11. The van der Waals surface area contributed by atoms with E-state index in [0.717, 1.165) is 48.4 Å². The van der Waals surface area contributed by atoms with Crippen LogP contribution < -0.4 is 10.1 Å². The minimum absolute atomic E-state index is 0.114. The van der Waals surface area contributed by atoms with Crippen LogP contribution in [0.15, 0.2) is 66.7 Å². The maximum Gasteiger partial charge on any atom is 0.255 e. The summed E-state index contributed by atoms with van der Waals surface area (Å²) in [5.74, 6) is 0.713. The lowest BCUT2D eigenvalue weighted by molar-refractivity contribution is 0.102. The first-order valence-corrected chi connectivity index (χ1v) is 10.8. The standard InChI is InChI=1S/C27H32N2O2/c1-5-20-8-10-21(11-9-20)22-12-15-25(16-13-22)28-27(30)24-14-17-26(31-4)23(19-24)7-6-18-29(2)3/h8-17,19H,5-7,18H2,1-4H3,(H,28,30). The highest BCUT2D eigenvalue weighted by Crippen LogP contribution is 2.24. The highest BCUT2D eigenvalue weighted by molar-refractivity contribution is 6.04. The van der Waals surface area contributed by atoms with Crippen molar-refractivity contribution in [3.05, 3.63) is 83.4 Å². The van der Waals surface area contributed by atoms with Crippen LogP contribution in [0.3, 0.4) is 0 Å². The van der Waals surface area contributed by atoms with Crippen molar-refractivity contribution >= 4 is 11.6 Å². The fourth-order valence-corrected chi connectivity index (χ4v) is 3.58. The molecule has 4 heteroatoms. The first-order valence-electron chi connectivity index (χ1n) is 10.8. The predicted octanol–water partition coefficient (Wildman–Crippen LogP) is 5.67. The topological polar surface area (TPSA) is 41.6 Å². The van der Waals surface area contributed by atoms with Gasteiger partial charge in [0.15, 0.2) is 0 Å². The molecule has 1 amide bonds. The molecule has 0 aliphatic heterocycles. The van der Waals surface area contributed by atoms with Gasteiger partial charge in [-0.15, -0.1) is 0 Å². The molecule has 162 valence electrons. The monoisotopic (exact) mass is 416 g/mol. The number of aryl methyl sites for hydroxylation is 2. The highest BCUT2D eigenvalue weighted by atomic mass is 16.5. The molecule has 0 aliphatic rings. The van der Waals surface area contributed by atoms with Crippen molar-refractivity contribution in [2.24, 2.45) is 0 Å². The average Bonchev–Trinajstić information content (AvgIpc) is 2.79. The lowest BCUT2D eigenvalue weighted by Gasteiger charge is -2.13. The third kappa shape index (κ3) is 6.19. The van der Waals surface area contributed by atoms with Gasteiger partial charge < -0.3 is 15.0 Å². The minimum atomic E-state index is -0.114. The van der Waals surface area contributed by atoms with Crippen molar-refractivity contribution in [2.75, 3.05) is 33.1 Å². The lowest BCUT2D eigenvalue weighted by Crippen LogP contribution is -2.14. The number of ether oxygens (including phenoxy) is 1. The number of nitrogens with zero attached hydrogens (tertiary/aromatic N) is 1. The number of anilines is 1. The van der Waals surface area contributed by atoms with Crippen LogP contribution in [0.5, 0.6) is 5.75 Å². The average molecular weight is 417 g/mol. The van der Waals surface area contributed by atoms with Crippen molar-refractivity contribution < 1.29 is 9.53 Å².